The van der Waals surface area contributed by atoms with Crippen molar-refractivity contribution < 1.29 is 8.78 Å². The molecule has 1 fully saturated rings. The Kier molecular flexibility index (Phi) is 6.50. The maximum atomic E-state index is 13.4. The Morgan fingerprint density at radius 3 is 2.70 bits per heavy atom. The molecule has 1 aromatic rings. The van der Waals surface area contributed by atoms with Gasteiger partial charge in [0.15, 0.2) is 5.96 Å². The van der Waals surface area contributed by atoms with E-state index in [9.17, 15) is 8.78 Å². The zero-order valence-electron chi connectivity index (χ0n) is 11.2. The van der Waals surface area contributed by atoms with Crippen molar-refractivity contribution >= 4 is 47.4 Å². The van der Waals surface area contributed by atoms with Gasteiger partial charge in [-0.2, -0.15) is 11.8 Å². The van der Waals surface area contributed by atoms with Gasteiger partial charge in [0, 0.05) is 10.8 Å². The molecule has 3 nitrogen and oxygen atoms in total. The lowest BCUT2D eigenvalue weighted by atomic mass is 9.84. The van der Waals surface area contributed by atoms with Crippen LogP contribution in [0.15, 0.2) is 23.2 Å². The Labute approximate surface area is 138 Å². The summed E-state index contributed by atoms with van der Waals surface area (Å²) >= 11 is 1.79. The van der Waals surface area contributed by atoms with Crippen molar-refractivity contribution in [3.8, 4) is 0 Å². The normalized spacial score (nSPS) is 17.1. The molecule has 0 amide bonds. The van der Waals surface area contributed by atoms with Crippen LogP contribution in [0.25, 0.3) is 0 Å². The Hall–Kier alpha value is -0.570. The van der Waals surface area contributed by atoms with Gasteiger partial charge in [0.1, 0.15) is 11.6 Å². The molecular formula is C13H18F2IN3S. The molecule has 1 aliphatic carbocycles. The molecule has 0 bridgehead atoms. The van der Waals surface area contributed by atoms with Crippen LogP contribution in [-0.4, -0.2) is 23.5 Å². The molecule has 112 valence electrons. The van der Waals surface area contributed by atoms with Gasteiger partial charge in [0.25, 0.3) is 0 Å². The molecule has 1 aliphatic rings. The minimum Gasteiger partial charge on any atom is -0.370 e. The first-order chi connectivity index (χ1) is 9.04. The van der Waals surface area contributed by atoms with E-state index in [2.05, 4.69) is 16.6 Å². The number of hydrogen-bond acceptors (Lipinski definition) is 2. The van der Waals surface area contributed by atoms with Crippen LogP contribution in [0.3, 0.4) is 0 Å². The van der Waals surface area contributed by atoms with Gasteiger partial charge in [-0.3, -0.25) is 4.99 Å². The van der Waals surface area contributed by atoms with E-state index in [1.165, 1.54) is 6.42 Å². The van der Waals surface area contributed by atoms with Crippen LogP contribution < -0.4 is 11.1 Å². The number of rotatable bonds is 4. The Morgan fingerprint density at radius 1 is 1.45 bits per heavy atom. The van der Waals surface area contributed by atoms with E-state index in [0.717, 1.165) is 31.0 Å². The first-order valence-electron chi connectivity index (χ1n) is 6.12. The average Bonchev–Trinajstić information content (AvgIpc) is 2.33. The summed E-state index contributed by atoms with van der Waals surface area (Å²) in [5, 5.41) is 2.60. The molecule has 0 spiro atoms. The van der Waals surface area contributed by atoms with E-state index in [1.54, 1.807) is 11.8 Å². The monoisotopic (exact) mass is 413 g/mol. The predicted octanol–water partition coefficient (Wildman–Crippen LogP) is 3.60. The molecular weight excluding hydrogens is 395 g/mol. The molecule has 7 heteroatoms. The van der Waals surface area contributed by atoms with Crippen LogP contribution in [0.5, 0.6) is 0 Å². The van der Waals surface area contributed by atoms with Gasteiger partial charge >= 0.3 is 0 Å². The number of guanidine groups is 1. The van der Waals surface area contributed by atoms with E-state index in [0.29, 0.717) is 6.54 Å². The van der Waals surface area contributed by atoms with Crippen LogP contribution in [0.4, 0.5) is 14.5 Å². The number of hydrogen-bond donors (Lipinski definition) is 2. The number of benzene rings is 1. The van der Waals surface area contributed by atoms with Crippen LogP contribution in [0.2, 0.25) is 0 Å². The Bertz CT molecular complexity index is 487. The van der Waals surface area contributed by atoms with Crippen molar-refractivity contribution in [2.24, 2.45) is 10.7 Å². The van der Waals surface area contributed by atoms with Gasteiger partial charge in [0.05, 0.1) is 12.2 Å². The quantitative estimate of drug-likeness (QED) is 0.451. The molecule has 0 aliphatic heterocycles. The molecule has 20 heavy (non-hydrogen) atoms. The van der Waals surface area contributed by atoms with Crippen LogP contribution in [-0.2, 0) is 0 Å². The number of thioether (sulfide) groups is 1. The molecule has 0 radical (unpaired) electrons. The number of halogens is 3. The molecule has 0 saturated heterocycles. The standard InChI is InChI=1S/C13H17F2N3S.HI/c1-19-13(5-2-6-13)8-17-12(16)18-11-7-9(14)3-4-10(11)15;/h3-4,7H,2,5-6,8H2,1H3,(H3,16,17,18);1H. The highest BCUT2D eigenvalue weighted by atomic mass is 127. The van der Waals surface area contributed by atoms with Gasteiger partial charge in [-0.15, -0.1) is 24.0 Å². The summed E-state index contributed by atoms with van der Waals surface area (Å²) in [6.07, 6.45) is 5.52. The van der Waals surface area contributed by atoms with Crippen molar-refractivity contribution in [2.75, 3.05) is 18.1 Å². The van der Waals surface area contributed by atoms with Gasteiger partial charge in [0.2, 0.25) is 0 Å². The molecule has 3 N–H and O–H groups in total. The van der Waals surface area contributed by atoms with Gasteiger partial charge in [-0.25, -0.2) is 8.78 Å². The second kappa shape index (κ2) is 7.44. The molecule has 1 saturated carbocycles. The molecule has 0 aromatic heterocycles. The minimum absolute atomic E-state index is 0. The molecule has 0 atom stereocenters. The summed E-state index contributed by atoms with van der Waals surface area (Å²) in [6.45, 7) is 0.601. The van der Waals surface area contributed by atoms with Crippen molar-refractivity contribution in [2.45, 2.75) is 24.0 Å². The van der Waals surface area contributed by atoms with Gasteiger partial charge < -0.3 is 11.1 Å². The molecule has 2 rings (SSSR count). The van der Waals surface area contributed by atoms with Crippen molar-refractivity contribution in [1.82, 2.24) is 0 Å². The van der Waals surface area contributed by atoms with Crippen molar-refractivity contribution in [1.29, 1.82) is 0 Å². The first kappa shape index (κ1) is 17.5. The largest absolute Gasteiger partial charge is 0.370 e. The highest BCUT2D eigenvalue weighted by molar-refractivity contribution is 14.0. The lowest BCUT2D eigenvalue weighted by Crippen LogP contribution is -2.37. The average molecular weight is 413 g/mol. The fourth-order valence-corrected chi connectivity index (χ4v) is 2.89. The fourth-order valence-electron chi connectivity index (χ4n) is 2.00. The fraction of sp³-hybridized carbons (Fsp3) is 0.462. The third kappa shape index (κ3) is 4.21. The third-order valence-electron chi connectivity index (χ3n) is 3.43. The lowest BCUT2D eigenvalue weighted by Gasteiger charge is -2.39. The molecule has 0 heterocycles. The SMILES string of the molecule is CSC1(CN=C(N)Nc2cc(F)ccc2F)CCC1.I. The maximum Gasteiger partial charge on any atom is 0.193 e. The summed E-state index contributed by atoms with van der Waals surface area (Å²) in [5.74, 6) is -0.955. The third-order valence-corrected chi connectivity index (χ3v) is 4.83. The van der Waals surface area contributed by atoms with E-state index >= 15 is 0 Å². The summed E-state index contributed by atoms with van der Waals surface area (Å²) in [4.78, 5) is 4.23. The summed E-state index contributed by atoms with van der Waals surface area (Å²) in [5.41, 5.74) is 5.71. The van der Waals surface area contributed by atoms with Gasteiger partial charge in [-0.1, -0.05) is 6.42 Å². The first-order valence-corrected chi connectivity index (χ1v) is 7.34. The maximum absolute atomic E-state index is 13.4. The van der Waals surface area contributed by atoms with Crippen LogP contribution in [0.1, 0.15) is 19.3 Å². The van der Waals surface area contributed by atoms with Gasteiger partial charge in [-0.05, 0) is 31.2 Å². The number of anilines is 1. The van der Waals surface area contributed by atoms with E-state index in [-0.39, 0.29) is 40.4 Å². The number of nitrogens with two attached hydrogens (primary N) is 1. The highest BCUT2D eigenvalue weighted by Gasteiger charge is 2.35. The van der Waals surface area contributed by atoms with Crippen molar-refractivity contribution in [3.63, 3.8) is 0 Å². The van der Waals surface area contributed by atoms with E-state index in [1.807, 2.05) is 0 Å². The Balaban J connectivity index is 0.00000200. The zero-order chi connectivity index (χ0) is 13.9. The minimum atomic E-state index is -0.553. The van der Waals surface area contributed by atoms with Crippen molar-refractivity contribution in [3.05, 3.63) is 29.8 Å². The van der Waals surface area contributed by atoms with Crippen LogP contribution >= 0.6 is 35.7 Å². The molecule has 1 aromatic carbocycles. The molecule has 0 unspecified atom stereocenters. The summed E-state index contributed by atoms with van der Waals surface area (Å²) in [7, 11) is 0. The van der Waals surface area contributed by atoms with Crippen LogP contribution in [0, 0.1) is 11.6 Å². The smallest absolute Gasteiger partial charge is 0.193 e. The lowest BCUT2D eigenvalue weighted by molar-refractivity contribution is 0.372. The van der Waals surface area contributed by atoms with E-state index < -0.39 is 11.6 Å². The van der Waals surface area contributed by atoms with E-state index in [4.69, 9.17) is 5.73 Å². The Morgan fingerprint density at radius 2 is 2.15 bits per heavy atom. The summed E-state index contributed by atoms with van der Waals surface area (Å²) < 4.78 is 26.6. The second-order valence-electron chi connectivity index (χ2n) is 4.69. The number of nitrogens with one attached hydrogen (secondary N) is 1. The highest BCUT2D eigenvalue weighted by Crippen LogP contribution is 2.42. The second-order valence-corrected chi connectivity index (χ2v) is 5.97. The topological polar surface area (TPSA) is 50.4 Å². The number of nitrogens with zero attached hydrogens (tertiary/aromatic N) is 1. The summed E-state index contributed by atoms with van der Waals surface area (Å²) in [6, 6.07) is 3.18. The number of aliphatic imine (C=N–C) groups is 1. The predicted molar refractivity (Wildman–Crippen MR) is 92.0 cm³/mol. The zero-order valence-corrected chi connectivity index (χ0v) is 14.3.